The highest BCUT2D eigenvalue weighted by molar-refractivity contribution is 5.55. The van der Waals surface area contributed by atoms with Gasteiger partial charge in [0.05, 0.1) is 6.07 Å². The lowest BCUT2D eigenvalue weighted by Gasteiger charge is -2.37. The van der Waals surface area contributed by atoms with Gasteiger partial charge in [0.25, 0.3) is 0 Å². The Kier molecular flexibility index (Phi) is 5.04. The third-order valence-corrected chi connectivity index (χ3v) is 5.33. The van der Waals surface area contributed by atoms with Crippen molar-refractivity contribution in [1.29, 1.82) is 5.26 Å². The highest BCUT2D eigenvalue weighted by atomic mass is 14.5. The molecule has 0 fully saturated rings. The first kappa shape index (κ1) is 17.8. The zero-order valence-corrected chi connectivity index (χ0v) is 15.6. The van der Waals surface area contributed by atoms with E-state index in [4.69, 9.17) is 0 Å². The summed E-state index contributed by atoms with van der Waals surface area (Å²) >= 11 is 0. The fourth-order valence-corrected chi connectivity index (χ4v) is 4.08. The summed E-state index contributed by atoms with van der Waals surface area (Å²) in [5.41, 5.74) is 3.42. The van der Waals surface area contributed by atoms with Gasteiger partial charge in [-0.05, 0) is 22.3 Å². The summed E-state index contributed by atoms with van der Waals surface area (Å²) in [6.07, 6.45) is 0. The molecule has 0 aromatic heterocycles. The molecule has 0 aliphatic heterocycles. The molecule has 134 valence electrons. The lowest BCUT2D eigenvalue weighted by atomic mass is 9.62. The topological polar surface area (TPSA) is 23.8 Å². The Balaban J connectivity index is 2.07. The summed E-state index contributed by atoms with van der Waals surface area (Å²) in [6, 6.07) is 43.7. The molecule has 0 radical (unpaired) electrons. The Labute approximate surface area is 166 Å². The molecular weight excluding hydrogens is 338 g/mol. The minimum Gasteiger partial charge on any atom is -0.197 e. The average Bonchev–Trinajstić information content (AvgIpc) is 2.80. The maximum atomic E-state index is 10.7. The second-order valence-corrected chi connectivity index (χ2v) is 6.91. The molecule has 0 spiro atoms. The molecular formula is C27H21N. The van der Waals surface area contributed by atoms with Crippen LogP contribution in [0, 0.1) is 11.3 Å². The van der Waals surface area contributed by atoms with Gasteiger partial charge in [-0.2, -0.15) is 5.26 Å². The van der Waals surface area contributed by atoms with Crippen LogP contribution in [-0.2, 0) is 5.41 Å². The number of hydrogen-bond acceptors (Lipinski definition) is 1. The van der Waals surface area contributed by atoms with Crippen molar-refractivity contribution < 1.29 is 0 Å². The predicted octanol–water partition coefficient (Wildman–Crippen LogP) is 6.33. The number of rotatable bonds is 5. The van der Waals surface area contributed by atoms with E-state index in [9.17, 15) is 5.26 Å². The van der Waals surface area contributed by atoms with Crippen LogP contribution in [0.5, 0.6) is 0 Å². The summed E-state index contributed by atoms with van der Waals surface area (Å²) in [5, 5.41) is 10.7. The zero-order valence-electron chi connectivity index (χ0n) is 15.6. The van der Waals surface area contributed by atoms with Gasteiger partial charge in [-0.1, -0.05) is 121 Å². The van der Waals surface area contributed by atoms with Crippen molar-refractivity contribution >= 4 is 0 Å². The number of nitriles is 1. The third kappa shape index (κ3) is 3.10. The van der Waals surface area contributed by atoms with Gasteiger partial charge in [-0.3, -0.25) is 0 Å². The first-order chi connectivity index (χ1) is 13.9. The van der Waals surface area contributed by atoms with Crippen LogP contribution >= 0.6 is 0 Å². The maximum Gasteiger partial charge on any atom is 0.118 e. The molecule has 0 aliphatic carbocycles. The van der Waals surface area contributed by atoms with Crippen molar-refractivity contribution in [3.8, 4) is 6.07 Å². The highest BCUT2D eigenvalue weighted by Crippen LogP contribution is 2.47. The first-order valence-corrected chi connectivity index (χ1v) is 9.48. The van der Waals surface area contributed by atoms with Gasteiger partial charge in [0, 0.05) is 5.92 Å². The van der Waals surface area contributed by atoms with E-state index in [0.717, 1.165) is 22.3 Å². The van der Waals surface area contributed by atoms with Crippen molar-refractivity contribution in [3.05, 3.63) is 144 Å². The standard InChI is InChI=1S/C27H21N/c28-21-27(24-17-9-3-10-18-24,25-19-11-4-12-20-25)26(22-13-5-1-6-14-22)23-15-7-2-8-16-23/h1-20,26H. The SMILES string of the molecule is N#CC(c1ccccc1)(c1ccccc1)C(c1ccccc1)c1ccccc1. The fraction of sp³-hybridized carbons (Fsp3) is 0.0741. The summed E-state index contributed by atoms with van der Waals surface area (Å²) in [6.45, 7) is 0. The largest absolute Gasteiger partial charge is 0.197 e. The quantitative estimate of drug-likeness (QED) is 0.408. The van der Waals surface area contributed by atoms with Gasteiger partial charge in [-0.15, -0.1) is 0 Å². The number of hydrogen-bond donors (Lipinski definition) is 0. The Hall–Kier alpha value is -3.63. The summed E-state index contributed by atoms with van der Waals surface area (Å²) < 4.78 is 0. The van der Waals surface area contributed by atoms with Crippen LogP contribution in [-0.4, -0.2) is 0 Å². The van der Waals surface area contributed by atoms with E-state index in [1.807, 2.05) is 72.8 Å². The fourth-order valence-electron chi connectivity index (χ4n) is 4.08. The van der Waals surface area contributed by atoms with Crippen molar-refractivity contribution in [2.24, 2.45) is 0 Å². The molecule has 0 heterocycles. The maximum absolute atomic E-state index is 10.7. The monoisotopic (exact) mass is 359 g/mol. The summed E-state index contributed by atoms with van der Waals surface area (Å²) in [4.78, 5) is 0. The Bertz CT molecular complexity index is 970. The van der Waals surface area contributed by atoms with Crippen LogP contribution < -0.4 is 0 Å². The second kappa shape index (κ2) is 7.94. The van der Waals surface area contributed by atoms with Gasteiger partial charge in [0.15, 0.2) is 0 Å². The van der Waals surface area contributed by atoms with E-state index in [1.54, 1.807) is 0 Å². The minimum atomic E-state index is -0.842. The number of benzene rings is 4. The van der Waals surface area contributed by atoms with Gasteiger partial charge in [0.2, 0.25) is 0 Å². The molecule has 0 aliphatic rings. The summed E-state index contributed by atoms with van der Waals surface area (Å²) in [5.74, 6) is -0.135. The zero-order chi connectivity index (χ0) is 19.2. The van der Waals surface area contributed by atoms with Crippen molar-refractivity contribution in [2.45, 2.75) is 11.3 Å². The van der Waals surface area contributed by atoms with Gasteiger partial charge in [-0.25, -0.2) is 0 Å². The predicted molar refractivity (Wildman–Crippen MR) is 114 cm³/mol. The smallest absolute Gasteiger partial charge is 0.118 e. The van der Waals surface area contributed by atoms with Gasteiger partial charge >= 0.3 is 0 Å². The molecule has 28 heavy (non-hydrogen) atoms. The number of nitrogens with zero attached hydrogens (tertiary/aromatic N) is 1. The molecule has 0 saturated carbocycles. The summed E-state index contributed by atoms with van der Waals surface area (Å²) in [7, 11) is 0. The molecule has 4 rings (SSSR count). The van der Waals surface area contributed by atoms with Crippen LogP contribution in [0.3, 0.4) is 0 Å². The molecule has 0 unspecified atom stereocenters. The molecule has 0 bridgehead atoms. The van der Waals surface area contributed by atoms with Crippen LogP contribution in [0.4, 0.5) is 0 Å². The van der Waals surface area contributed by atoms with Crippen LogP contribution in [0.2, 0.25) is 0 Å². The van der Waals surface area contributed by atoms with Gasteiger partial charge in [0.1, 0.15) is 5.41 Å². The van der Waals surface area contributed by atoms with Crippen molar-refractivity contribution in [2.75, 3.05) is 0 Å². The first-order valence-electron chi connectivity index (χ1n) is 9.48. The Morgan fingerprint density at radius 3 is 1.14 bits per heavy atom. The molecule has 1 heteroatoms. The highest BCUT2D eigenvalue weighted by Gasteiger charge is 2.44. The average molecular weight is 359 g/mol. The molecule has 0 amide bonds. The molecule has 1 nitrogen and oxygen atoms in total. The van der Waals surface area contributed by atoms with Crippen LogP contribution in [0.25, 0.3) is 0 Å². The molecule has 0 saturated heterocycles. The van der Waals surface area contributed by atoms with Crippen molar-refractivity contribution in [1.82, 2.24) is 0 Å². The van der Waals surface area contributed by atoms with Gasteiger partial charge < -0.3 is 0 Å². The minimum absolute atomic E-state index is 0.135. The van der Waals surface area contributed by atoms with Crippen LogP contribution in [0.1, 0.15) is 28.2 Å². The Morgan fingerprint density at radius 1 is 0.500 bits per heavy atom. The Morgan fingerprint density at radius 2 is 0.821 bits per heavy atom. The molecule has 0 atom stereocenters. The van der Waals surface area contributed by atoms with Crippen molar-refractivity contribution in [3.63, 3.8) is 0 Å². The van der Waals surface area contributed by atoms with E-state index in [0.29, 0.717) is 0 Å². The molecule has 0 N–H and O–H groups in total. The molecule has 4 aromatic carbocycles. The second-order valence-electron chi connectivity index (χ2n) is 6.91. The van der Waals surface area contributed by atoms with E-state index in [-0.39, 0.29) is 5.92 Å². The van der Waals surface area contributed by atoms with E-state index < -0.39 is 5.41 Å². The molecule has 4 aromatic rings. The van der Waals surface area contributed by atoms with E-state index >= 15 is 0 Å². The lowest BCUT2D eigenvalue weighted by Crippen LogP contribution is -2.34. The van der Waals surface area contributed by atoms with E-state index in [1.165, 1.54) is 0 Å². The van der Waals surface area contributed by atoms with E-state index in [2.05, 4.69) is 54.6 Å². The normalized spacial score (nSPS) is 11.1. The third-order valence-electron chi connectivity index (χ3n) is 5.33. The lowest BCUT2D eigenvalue weighted by molar-refractivity contribution is 0.570. The van der Waals surface area contributed by atoms with Crippen LogP contribution in [0.15, 0.2) is 121 Å².